The molecule has 0 aromatic heterocycles. The van der Waals surface area contributed by atoms with E-state index in [1.807, 2.05) is 0 Å². The number of nitrogens with zero attached hydrogens (tertiary/aromatic N) is 2. The van der Waals surface area contributed by atoms with Crippen LogP contribution in [0.5, 0.6) is 23.0 Å². The van der Waals surface area contributed by atoms with Crippen LogP contribution in [0.3, 0.4) is 0 Å². The number of hydrogen-bond acceptors (Lipinski definition) is 12. The fourth-order valence-corrected chi connectivity index (χ4v) is 18.1. The molecule has 2 rings (SSSR count). The van der Waals surface area contributed by atoms with Crippen molar-refractivity contribution in [3.63, 3.8) is 0 Å². The number of aliphatic hydroxyl groups excluding tert-OH is 2. The molecule has 2 unspecified atom stereocenters. The summed E-state index contributed by atoms with van der Waals surface area (Å²) in [6, 6.07) is 6.31. The molecule has 0 saturated heterocycles. The molecule has 14 nitrogen and oxygen atoms in total. The average molecular weight is 729 g/mol. The predicted octanol–water partition coefficient (Wildman–Crippen LogP) is 7.42. The minimum Gasteiger partial charge on any atom is -0.493 e. The van der Waals surface area contributed by atoms with Gasteiger partial charge in [0.25, 0.3) is 11.4 Å². The van der Waals surface area contributed by atoms with Gasteiger partial charge in [0, 0.05) is 0 Å². The molecule has 2 aromatic rings. The first-order valence-corrected chi connectivity index (χ1v) is 24.8. The molecule has 0 aliphatic carbocycles. The van der Waals surface area contributed by atoms with E-state index in [0.717, 1.165) is 12.5 Å². The van der Waals surface area contributed by atoms with Gasteiger partial charge in [0.1, 0.15) is 6.61 Å². The first kappa shape index (κ1) is 42.7. The van der Waals surface area contributed by atoms with Gasteiger partial charge in [0.05, 0.1) is 66.1 Å². The van der Waals surface area contributed by atoms with Gasteiger partial charge in [-0.15, -0.1) is 0 Å². The summed E-state index contributed by atoms with van der Waals surface area (Å²) in [5.74, 6) is 1.24. The number of benzene rings is 2. The van der Waals surface area contributed by atoms with Crippen LogP contribution in [0.4, 0.5) is 11.4 Å². The molecule has 0 heterocycles. The fraction of sp³-hybridized carbons (Fsp3) is 0.548. The molecule has 0 amide bonds. The third-order valence-corrected chi connectivity index (χ3v) is 16.7. The van der Waals surface area contributed by atoms with Gasteiger partial charge < -0.3 is 37.4 Å². The zero-order valence-electron chi connectivity index (χ0n) is 29.9. The molecule has 2 atom stereocenters. The van der Waals surface area contributed by atoms with Crippen molar-refractivity contribution in [2.45, 2.75) is 84.3 Å². The molecule has 2 N–H and O–H groups in total. The van der Waals surface area contributed by atoms with Crippen molar-refractivity contribution < 1.29 is 47.2 Å². The molecule has 0 spiro atoms. The third-order valence-electron chi connectivity index (χ3n) is 6.53. The van der Waals surface area contributed by atoms with Crippen LogP contribution in [0.25, 0.3) is 0 Å². The summed E-state index contributed by atoms with van der Waals surface area (Å²) < 4.78 is 34.2. The van der Waals surface area contributed by atoms with Crippen LogP contribution in [0, 0.1) is 20.2 Å². The summed E-state index contributed by atoms with van der Waals surface area (Å²) in [5, 5.41) is 41.6. The van der Waals surface area contributed by atoms with E-state index in [1.165, 1.54) is 58.4 Å². The highest BCUT2D eigenvalue weighted by atomic mass is 28.5. The molecule has 2 aromatic carbocycles. The van der Waals surface area contributed by atoms with Gasteiger partial charge in [-0.25, -0.2) is 0 Å². The summed E-state index contributed by atoms with van der Waals surface area (Å²) in [7, 11) is -2.90. The van der Waals surface area contributed by atoms with Crippen molar-refractivity contribution in [3.05, 3.63) is 68.3 Å². The Morgan fingerprint density at radius 1 is 0.771 bits per heavy atom. The second-order valence-electron chi connectivity index (χ2n) is 13.0. The van der Waals surface area contributed by atoms with E-state index in [1.54, 1.807) is 0 Å². The lowest BCUT2D eigenvalue weighted by atomic mass is 10.1. The Hall–Kier alpha value is -3.33. The molecule has 0 aliphatic heterocycles. The lowest BCUT2D eigenvalue weighted by Crippen LogP contribution is -2.51. The standard InChI is InChI=1S/C19H37NO7Si3.C12H15NO5/c1-15(21)16-13-18(24-2)19(14-17(16)20(22)23)25-11-10-12-29(6,7)27-30(8,9)26-28(3,4)5;1-4-5-18-12-7-10(13(15)16)9(8(2)14)6-11(12)17-3/h13-15,21H,10-12H2,1-9H3;4,6-8,14H,1,5H2,2-3H3. The van der Waals surface area contributed by atoms with E-state index in [2.05, 4.69) is 52.4 Å². The van der Waals surface area contributed by atoms with Gasteiger partial charge >= 0.3 is 8.56 Å². The van der Waals surface area contributed by atoms with E-state index in [4.69, 9.17) is 27.2 Å². The monoisotopic (exact) mass is 728 g/mol. The van der Waals surface area contributed by atoms with Crippen LogP contribution >= 0.6 is 0 Å². The van der Waals surface area contributed by atoms with Crippen LogP contribution in [0.15, 0.2) is 36.9 Å². The highest BCUT2D eigenvalue weighted by Crippen LogP contribution is 2.39. The Bertz CT molecular complexity index is 1400. The third kappa shape index (κ3) is 14.0. The van der Waals surface area contributed by atoms with Crippen molar-refractivity contribution in [2.24, 2.45) is 0 Å². The average Bonchev–Trinajstić information content (AvgIpc) is 2.95. The highest BCUT2D eigenvalue weighted by Gasteiger charge is 2.37. The summed E-state index contributed by atoms with van der Waals surface area (Å²) >= 11 is 0. The first-order chi connectivity index (χ1) is 22.1. The maximum atomic E-state index is 11.4. The number of nitro benzene ring substituents is 2. The van der Waals surface area contributed by atoms with Crippen molar-refractivity contribution in [1.82, 2.24) is 0 Å². The number of nitro groups is 2. The largest absolute Gasteiger partial charge is 0.493 e. The molecule has 0 aliphatic rings. The minimum atomic E-state index is -2.19. The Morgan fingerprint density at radius 2 is 1.21 bits per heavy atom. The van der Waals surface area contributed by atoms with Crippen LogP contribution in [0.2, 0.25) is 51.9 Å². The Balaban J connectivity index is 0.000000544. The Labute approximate surface area is 286 Å². The number of rotatable bonds is 18. The molecule has 270 valence electrons. The summed E-state index contributed by atoms with van der Waals surface area (Å²) in [6.45, 7) is 22.1. The predicted molar refractivity (Wildman–Crippen MR) is 192 cm³/mol. The molecule has 0 radical (unpaired) electrons. The number of ether oxygens (including phenoxy) is 4. The lowest BCUT2D eigenvalue weighted by molar-refractivity contribution is -0.386. The SMILES string of the molecule is C=CCOc1cc([N+](=O)[O-])c(C(C)O)cc1OC.COc1cc(C(C)O)c([N+](=O)[O-])cc1OCCC[Si](C)(C)O[Si](C)(C)O[Si](C)(C)C. The van der Waals surface area contributed by atoms with Gasteiger partial charge in [0.15, 0.2) is 39.6 Å². The van der Waals surface area contributed by atoms with E-state index in [-0.39, 0.29) is 34.9 Å². The van der Waals surface area contributed by atoms with Crippen LogP contribution in [-0.2, 0) is 8.23 Å². The van der Waals surface area contributed by atoms with Crippen LogP contribution in [-0.4, -0.2) is 72.7 Å². The Morgan fingerprint density at radius 3 is 1.56 bits per heavy atom. The van der Waals surface area contributed by atoms with E-state index in [0.29, 0.717) is 23.9 Å². The summed E-state index contributed by atoms with van der Waals surface area (Å²) in [5.41, 5.74) is -0.0107. The van der Waals surface area contributed by atoms with Crippen molar-refractivity contribution in [3.8, 4) is 23.0 Å². The topological polar surface area (TPSA) is 182 Å². The number of methoxy groups -OCH3 is 2. The molecule has 48 heavy (non-hydrogen) atoms. The zero-order chi connectivity index (χ0) is 37.0. The van der Waals surface area contributed by atoms with Crippen molar-refractivity contribution in [1.29, 1.82) is 0 Å². The molecule has 0 bridgehead atoms. The van der Waals surface area contributed by atoms with Gasteiger partial charge in [-0.1, -0.05) is 12.7 Å². The highest BCUT2D eigenvalue weighted by molar-refractivity contribution is 6.87. The second-order valence-corrected chi connectivity index (χ2v) is 25.7. The number of hydrogen-bond donors (Lipinski definition) is 2. The maximum absolute atomic E-state index is 11.4. The zero-order valence-corrected chi connectivity index (χ0v) is 32.9. The smallest absolute Gasteiger partial charge is 0.311 e. The summed E-state index contributed by atoms with van der Waals surface area (Å²) in [6.07, 6.45) is 0.329. The first-order valence-electron chi connectivity index (χ1n) is 15.4. The second kappa shape index (κ2) is 18.4. The summed E-state index contributed by atoms with van der Waals surface area (Å²) in [4.78, 5) is 21.2. The van der Waals surface area contributed by atoms with Gasteiger partial charge in [-0.3, -0.25) is 20.2 Å². The molecule has 17 heteroatoms. The Kier molecular flexibility index (Phi) is 16.4. The van der Waals surface area contributed by atoms with Gasteiger partial charge in [-0.2, -0.15) is 0 Å². The van der Waals surface area contributed by atoms with Crippen LogP contribution in [0.1, 0.15) is 43.6 Å². The van der Waals surface area contributed by atoms with E-state index < -0.39 is 47.3 Å². The van der Waals surface area contributed by atoms with Gasteiger partial charge in [0.2, 0.25) is 0 Å². The maximum Gasteiger partial charge on any atom is 0.311 e. The van der Waals surface area contributed by atoms with Gasteiger partial charge in [-0.05, 0) is 84.3 Å². The molecule has 0 fully saturated rings. The van der Waals surface area contributed by atoms with Crippen molar-refractivity contribution in [2.75, 3.05) is 27.4 Å². The minimum absolute atomic E-state index is 0.183. The quantitative estimate of drug-likeness (QED) is 0.0510. The fourth-order valence-electron chi connectivity index (χ4n) is 4.96. The normalized spacial score (nSPS) is 13.0. The van der Waals surface area contributed by atoms with Crippen molar-refractivity contribution >= 4 is 36.6 Å². The molecular weight excluding hydrogens is 677 g/mol. The molecule has 0 saturated carbocycles. The molecular formula is C31H52N2O12Si3. The van der Waals surface area contributed by atoms with E-state index in [9.17, 15) is 30.4 Å². The lowest BCUT2D eigenvalue weighted by Gasteiger charge is -2.37. The van der Waals surface area contributed by atoms with Crippen LogP contribution < -0.4 is 18.9 Å². The number of aliphatic hydroxyl groups is 2. The van der Waals surface area contributed by atoms with E-state index >= 15 is 0 Å².